The maximum atomic E-state index is 13.1. The summed E-state index contributed by atoms with van der Waals surface area (Å²) in [7, 11) is 1.19. The van der Waals surface area contributed by atoms with Gasteiger partial charge in [-0.05, 0) is 39.2 Å². The van der Waals surface area contributed by atoms with Gasteiger partial charge in [0.05, 0.1) is 13.5 Å². The van der Waals surface area contributed by atoms with E-state index in [9.17, 15) is 19.2 Å². The molecule has 1 aliphatic heterocycles. The molecule has 0 spiro atoms. The van der Waals surface area contributed by atoms with E-state index in [0.717, 1.165) is 5.56 Å². The number of amides is 2. The Kier molecular flexibility index (Phi) is 8.41. The third kappa shape index (κ3) is 7.58. The molecule has 1 aromatic rings. The van der Waals surface area contributed by atoms with E-state index in [0.29, 0.717) is 19.4 Å². The lowest BCUT2D eigenvalue weighted by Crippen LogP contribution is -2.53. The molecule has 2 amide bonds. The van der Waals surface area contributed by atoms with E-state index in [4.69, 9.17) is 9.47 Å². The second kappa shape index (κ2) is 10.8. The van der Waals surface area contributed by atoms with Gasteiger partial charge in [-0.25, -0.2) is 9.59 Å². The molecule has 1 N–H and O–H groups in total. The second-order valence-electron chi connectivity index (χ2n) is 8.26. The van der Waals surface area contributed by atoms with Crippen LogP contribution in [0.3, 0.4) is 0 Å². The van der Waals surface area contributed by atoms with Gasteiger partial charge in [-0.15, -0.1) is 0 Å². The zero-order chi connectivity index (χ0) is 23.0. The van der Waals surface area contributed by atoms with Crippen LogP contribution in [0.4, 0.5) is 4.79 Å². The number of nitrogens with one attached hydrogen (secondary N) is 1. The fraction of sp³-hybridized carbons (Fsp3) is 0.545. The average Bonchev–Trinajstić information content (AvgIpc) is 3.20. The van der Waals surface area contributed by atoms with Crippen molar-refractivity contribution in [3.63, 3.8) is 0 Å². The largest absolute Gasteiger partial charge is 0.469 e. The highest BCUT2D eigenvalue weighted by Gasteiger charge is 2.39. The predicted octanol–water partition coefficient (Wildman–Crippen LogP) is 2.18. The van der Waals surface area contributed by atoms with Crippen molar-refractivity contribution in [1.82, 2.24) is 10.2 Å². The lowest BCUT2D eigenvalue weighted by Gasteiger charge is -2.28. The first-order valence-corrected chi connectivity index (χ1v) is 10.2. The number of ether oxygens (including phenoxy) is 3. The molecule has 170 valence electrons. The molecule has 0 aromatic heterocycles. The van der Waals surface area contributed by atoms with E-state index < -0.39 is 41.6 Å². The Labute approximate surface area is 182 Å². The Hall–Kier alpha value is -3.10. The van der Waals surface area contributed by atoms with Crippen molar-refractivity contribution in [1.29, 1.82) is 0 Å². The third-order valence-electron chi connectivity index (χ3n) is 4.62. The number of hydrogen-bond donors (Lipinski definition) is 1. The number of carbonyl (C=O) groups is 4. The first-order valence-electron chi connectivity index (χ1n) is 10.2. The number of alkyl carbamates (subject to hydrolysis) is 1. The van der Waals surface area contributed by atoms with Crippen LogP contribution in [0.1, 0.15) is 45.6 Å². The van der Waals surface area contributed by atoms with Crippen molar-refractivity contribution in [3.05, 3.63) is 35.9 Å². The molecule has 1 heterocycles. The summed E-state index contributed by atoms with van der Waals surface area (Å²) in [5, 5.41) is 2.43. The topological polar surface area (TPSA) is 111 Å². The van der Waals surface area contributed by atoms with E-state index in [-0.39, 0.29) is 13.0 Å². The normalized spacial score (nSPS) is 16.9. The lowest BCUT2D eigenvalue weighted by molar-refractivity contribution is -0.155. The monoisotopic (exact) mass is 434 g/mol. The molecule has 1 aromatic carbocycles. The fourth-order valence-electron chi connectivity index (χ4n) is 3.20. The zero-order valence-corrected chi connectivity index (χ0v) is 18.4. The SMILES string of the molecule is COC(=O)C[C@H](NC(=O)OC(C)(C)C)C(=O)N1CCCC1C(=O)OCc1ccccc1. The van der Waals surface area contributed by atoms with Crippen LogP contribution >= 0.6 is 0 Å². The van der Waals surface area contributed by atoms with Gasteiger partial charge in [0.15, 0.2) is 0 Å². The summed E-state index contributed by atoms with van der Waals surface area (Å²) in [5.41, 5.74) is 0.0577. The van der Waals surface area contributed by atoms with Crippen molar-refractivity contribution in [2.75, 3.05) is 13.7 Å². The summed E-state index contributed by atoms with van der Waals surface area (Å²) in [5.74, 6) is -1.75. The van der Waals surface area contributed by atoms with Crippen LogP contribution in [0.15, 0.2) is 30.3 Å². The second-order valence-corrected chi connectivity index (χ2v) is 8.26. The molecule has 9 nitrogen and oxygen atoms in total. The molecule has 2 rings (SSSR count). The van der Waals surface area contributed by atoms with Crippen molar-refractivity contribution in [2.24, 2.45) is 0 Å². The number of nitrogens with zero attached hydrogens (tertiary/aromatic N) is 1. The zero-order valence-electron chi connectivity index (χ0n) is 18.4. The number of esters is 2. The molecule has 31 heavy (non-hydrogen) atoms. The predicted molar refractivity (Wildman–Crippen MR) is 111 cm³/mol. The number of carbonyl (C=O) groups excluding carboxylic acids is 4. The first kappa shape index (κ1) is 24.2. The van der Waals surface area contributed by atoms with Gasteiger partial charge in [-0.1, -0.05) is 30.3 Å². The summed E-state index contributed by atoms with van der Waals surface area (Å²) >= 11 is 0. The molecule has 1 saturated heterocycles. The van der Waals surface area contributed by atoms with Crippen LogP contribution in [0.25, 0.3) is 0 Å². The van der Waals surface area contributed by atoms with Crippen LogP contribution in [-0.4, -0.2) is 60.2 Å². The van der Waals surface area contributed by atoms with Gasteiger partial charge < -0.3 is 24.4 Å². The van der Waals surface area contributed by atoms with Crippen molar-refractivity contribution in [3.8, 4) is 0 Å². The van der Waals surface area contributed by atoms with E-state index in [1.807, 2.05) is 30.3 Å². The summed E-state index contributed by atoms with van der Waals surface area (Å²) < 4.78 is 15.2. The third-order valence-corrected chi connectivity index (χ3v) is 4.62. The minimum absolute atomic E-state index is 0.0972. The van der Waals surface area contributed by atoms with Gasteiger partial charge in [0.2, 0.25) is 5.91 Å². The number of benzene rings is 1. The molecule has 2 atom stereocenters. The Morgan fingerprint density at radius 1 is 1.16 bits per heavy atom. The Morgan fingerprint density at radius 3 is 2.45 bits per heavy atom. The summed E-state index contributed by atoms with van der Waals surface area (Å²) in [6, 6.07) is 7.22. The van der Waals surface area contributed by atoms with Gasteiger partial charge in [0.1, 0.15) is 24.3 Å². The maximum absolute atomic E-state index is 13.1. The van der Waals surface area contributed by atoms with Gasteiger partial charge in [-0.3, -0.25) is 9.59 Å². The quantitative estimate of drug-likeness (QED) is 0.517. The Bertz CT molecular complexity index is 789. The maximum Gasteiger partial charge on any atom is 0.408 e. The molecule has 0 saturated carbocycles. The molecular formula is C22H30N2O7. The van der Waals surface area contributed by atoms with E-state index in [1.165, 1.54) is 12.0 Å². The molecule has 0 aliphatic carbocycles. The van der Waals surface area contributed by atoms with Crippen LogP contribution in [0.2, 0.25) is 0 Å². The molecule has 1 fully saturated rings. The number of hydrogen-bond acceptors (Lipinski definition) is 7. The van der Waals surface area contributed by atoms with Gasteiger partial charge in [0, 0.05) is 6.54 Å². The summed E-state index contributed by atoms with van der Waals surface area (Å²) in [6.45, 7) is 5.46. The fourth-order valence-corrected chi connectivity index (χ4v) is 3.20. The highest BCUT2D eigenvalue weighted by molar-refractivity contribution is 5.92. The van der Waals surface area contributed by atoms with Crippen LogP contribution < -0.4 is 5.32 Å². The molecule has 0 radical (unpaired) electrons. The number of rotatable bonds is 7. The van der Waals surface area contributed by atoms with Crippen molar-refractivity contribution >= 4 is 23.9 Å². The van der Waals surface area contributed by atoms with Crippen LogP contribution in [0, 0.1) is 0 Å². The van der Waals surface area contributed by atoms with Crippen molar-refractivity contribution in [2.45, 2.75) is 64.3 Å². The van der Waals surface area contributed by atoms with E-state index in [1.54, 1.807) is 20.8 Å². The van der Waals surface area contributed by atoms with E-state index >= 15 is 0 Å². The number of methoxy groups -OCH3 is 1. The van der Waals surface area contributed by atoms with Gasteiger partial charge in [-0.2, -0.15) is 0 Å². The molecule has 1 unspecified atom stereocenters. The number of likely N-dealkylation sites (tertiary alicyclic amines) is 1. The summed E-state index contributed by atoms with van der Waals surface area (Å²) in [4.78, 5) is 51.1. The Balaban J connectivity index is 2.07. The molecular weight excluding hydrogens is 404 g/mol. The first-order chi connectivity index (χ1) is 14.6. The summed E-state index contributed by atoms with van der Waals surface area (Å²) in [6.07, 6.45) is -0.167. The average molecular weight is 434 g/mol. The van der Waals surface area contributed by atoms with Gasteiger partial charge in [0.25, 0.3) is 0 Å². The van der Waals surface area contributed by atoms with Crippen molar-refractivity contribution < 1.29 is 33.4 Å². The van der Waals surface area contributed by atoms with Gasteiger partial charge >= 0.3 is 18.0 Å². The highest BCUT2D eigenvalue weighted by Crippen LogP contribution is 2.21. The van der Waals surface area contributed by atoms with E-state index in [2.05, 4.69) is 10.1 Å². The van der Waals surface area contributed by atoms with Crippen LogP contribution in [0.5, 0.6) is 0 Å². The molecule has 1 aliphatic rings. The molecule has 9 heteroatoms. The van der Waals surface area contributed by atoms with Crippen LogP contribution in [-0.2, 0) is 35.2 Å². The smallest absolute Gasteiger partial charge is 0.408 e. The lowest BCUT2D eigenvalue weighted by atomic mass is 10.1. The minimum atomic E-state index is -1.22. The standard InChI is InChI=1S/C22H30N2O7/c1-22(2,3)31-21(28)23-16(13-18(25)29-4)19(26)24-12-8-11-17(24)20(27)30-14-15-9-6-5-7-10-15/h5-7,9-10,16-17H,8,11-14H2,1-4H3,(H,23,28)/t16-,17?/m0/s1. The highest BCUT2D eigenvalue weighted by atomic mass is 16.6. The molecule has 0 bridgehead atoms. The minimum Gasteiger partial charge on any atom is -0.469 e. The Morgan fingerprint density at radius 2 is 1.84 bits per heavy atom.